The molecule has 0 aliphatic carbocycles. The second-order valence-electron chi connectivity index (χ2n) is 3.94. The highest BCUT2D eigenvalue weighted by Crippen LogP contribution is 2.22. The summed E-state index contributed by atoms with van der Waals surface area (Å²) < 4.78 is 0. The summed E-state index contributed by atoms with van der Waals surface area (Å²) in [5.74, 6) is 0.278. The van der Waals surface area contributed by atoms with Crippen LogP contribution in [0.5, 0.6) is 0 Å². The van der Waals surface area contributed by atoms with Gasteiger partial charge in [-0.2, -0.15) is 0 Å². The first-order valence-electron chi connectivity index (χ1n) is 5.43. The van der Waals surface area contributed by atoms with Crippen molar-refractivity contribution in [3.8, 4) is 0 Å². The second-order valence-corrected chi connectivity index (χ2v) is 3.94. The Kier molecular flexibility index (Phi) is 2.21. The van der Waals surface area contributed by atoms with Crippen LogP contribution in [-0.4, -0.2) is 17.3 Å². The Balaban J connectivity index is 1.82. The first-order chi connectivity index (χ1) is 7.95. The van der Waals surface area contributed by atoms with Gasteiger partial charge in [0.15, 0.2) is 0 Å². The van der Waals surface area contributed by atoms with E-state index < -0.39 is 0 Å². The molecule has 3 heterocycles. The van der Waals surface area contributed by atoms with Gasteiger partial charge in [-0.3, -0.25) is 0 Å². The topological polar surface area (TPSA) is 63.9 Å². The summed E-state index contributed by atoms with van der Waals surface area (Å²) in [7, 11) is 0. The molecule has 0 spiro atoms. The molecule has 5 nitrogen and oxygen atoms in total. The molecule has 3 rings (SSSR count). The zero-order chi connectivity index (χ0) is 10.8. The maximum atomic E-state index is 3.30. The number of aromatic amines is 1. The lowest BCUT2D eigenvalue weighted by atomic mass is 9.98. The molecule has 2 aliphatic heterocycles. The van der Waals surface area contributed by atoms with Crippen LogP contribution < -0.4 is 21.3 Å². The van der Waals surface area contributed by atoms with Gasteiger partial charge in [-0.25, -0.2) is 0 Å². The molecule has 0 saturated carbocycles. The number of H-pyrrole nitrogens is 1. The van der Waals surface area contributed by atoms with Crippen molar-refractivity contribution in [2.75, 3.05) is 0 Å². The smallest absolute Gasteiger partial charge is 0.108 e. The molecule has 0 radical (unpaired) electrons. The average molecular weight is 217 g/mol. The number of hydrogen-bond acceptors (Lipinski definition) is 4. The molecular formula is C11H15N5. The van der Waals surface area contributed by atoms with E-state index in [0.717, 1.165) is 0 Å². The van der Waals surface area contributed by atoms with Crippen LogP contribution in [0.3, 0.4) is 0 Å². The van der Waals surface area contributed by atoms with Gasteiger partial charge in [0.2, 0.25) is 0 Å². The van der Waals surface area contributed by atoms with E-state index in [2.05, 4.69) is 32.3 Å². The predicted octanol–water partition coefficient (Wildman–Crippen LogP) is 0.0785. The molecule has 0 unspecified atom stereocenters. The zero-order valence-electron chi connectivity index (χ0n) is 8.77. The summed E-state index contributed by atoms with van der Waals surface area (Å²) in [6.07, 6.45) is 10.1. The van der Waals surface area contributed by atoms with Gasteiger partial charge in [0.1, 0.15) is 12.3 Å². The van der Waals surface area contributed by atoms with Crippen LogP contribution in [-0.2, 0) is 0 Å². The molecular weight excluding hydrogens is 202 g/mol. The maximum absolute atomic E-state index is 3.30. The van der Waals surface area contributed by atoms with Crippen molar-refractivity contribution < 1.29 is 0 Å². The summed E-state index contributed by atoms with van der Waals surface area (Å²) in [4.78, 5) is 3.28. The summed E-state index contributed by atoms with van der Waals surface area (Å²) in [5, 5.41) is 13.2. The van der Waals surface area contributed by atoms with Gasteiger partial charge in [0, 0.05) is 36.7 Å². The SMILES string of the molecule is C1=CNC(C(c2ccc[nH]2)C2NC=CN2)N1. The van der Waals surface area contributed by atoms with E-state index in [1.54, 1.807) is 0 Å². The molecule has 1 aromatic heterocycles. The van der Waals surface area contributed by atoms with Crippen LogP contribution in [0.4, 0.5) is 0 Å². The molecule has 0 fully saturated rings. The largest absolute Gasteiger partial charge is 0.370 e. The van der Waals surface area contributed by atoms with E-state index in [0.29, 0.717) is 0 Å². The molecule has 5 heteroatoms. The Morgan fingerprint density at radius 1 is 0.875 bits per heavy atom. The van der Waals surface area contributed by atoms with Crippen LogP contribution in [0.25, 0.3) is 0 Å². The molecule has 0 aromatic carbocycles. The third kappa shape index (κ3) is 1.50. The van der Waals surface area contributed by atoms with Crippen LogP contribution >= 0.6 is 0 Å². The van der Waals surface area contributed by atoms with Gasteiger partial charge in [-0.15, -0.1) is 0 Å². The van der Waals surface area contributed by atoms with Crippen molar-refractivity contribution in [2.24, 2.45) is 0 Å². The minimum absolute atomic E-state index is 0.198. The molecule has 0 amide bonds. The summed E-state index contributed by atoms with van der Waals surface area (Å²) in [5.41, 5.74) is 1.20. The van der Waals surface area contributed by atoms with E-state index in [9.17, 15) is 0 Å². The van der Waals surface area contributed by atoms with E-state index in [1.807, 2.05) is 37.1 Å². The monoisotopic (exact) mass is 217 g/mol. The van der Waals surface area contributed by atoms with Crippen molar-refractivity contribution >= 4 is 0 Å². The Morgan fingerprint density at radius 3 is 1.88 bits per heavy atom. The summed E-state index contributed by atoms with van der Waals surface area (Å²) >= 11 is 0. The van der Waals surface area contributed by atoms with Crippen molar-refractivity contribution in [3.63, 3.8) is 0 Å². The molecule has 5 N–H and O–H groups in total. The molecule has 84 valence electrons. The van der Waals surface area contributed by atoms with E-state index in [-0.39, 0.29) is 18.2 Å². The van der Waals surface area contributed by atoms with Crippen LogP contribution in [0.1, 0.15) is 11.6 Å². The number of rotatable bonds is 3. The average Bonchev–Trinajstić information content (AvgIpc) is 3.02. The molecule has 0 atom stereocenters. The quantitative estimate of drug-likeness (QED) is 0.497. The van der Waals surface area contributed by atoms with Gasteiger partial charge in [0.25, 0.3) is 0 Å². The number of aromatic nitrogens is 1. The van der Waals surface area contributed by atoms with E-state index in [1.165, 1.54) is 5.69 Å². The minimum atomic E-state index is 0.198. The van der Waals surface area contributed by atoms with Crippen molar-refractivity contribution in [3.05, 3.63) is 48.8 Å². The van der Waals surface area contributed by atoms with Crippen LogP contribution in [0, 0.1) is 0 Å². The minimum Gasteiger partial charge on any atom is -0.370 e. The highest BCUT2D eigenvalue weighted by molar-refractivity contribution is 5.19. The fraction of sp³-hybridized carbons (Fsp3) is 0.273. The van der Waals surface area contributed by atoms with E-state index in [4.69, 9.17) is 0 Å². The van der Waals surface area contributed by atoms with Crippen molar-refractivity contribution in [1.82, 2.24) is 26.3 Å². The molecule has 2 aliphatic rings. The van der Waals surface area contributed by atoms with Gasteiger partial charge >= 0.3 is 0 Å². The third-order valence-corrected chi connectivity index (χ3v) is 2.97. The van der Waals surface area contributed by atoms with Gasteiger partial charge in [-0.05, 0) is 12.1 Å². The lowest BCUT2D eigenvalue weighted by Gasteiger charge is -2.29. The van der Waals surface area contributed by atoms with Gasteiger partial charge in [0.05, 0.1) is 5.92 Å². The Morgan fingerprint density at radius 2 is 1.44 bits per heavy atom. The second kappa shape index (κ2) is 3.84. The Labute approximate surface area is 94.0 Å². The Bertz CT molecular complexity index is 357. The van der Waals surface area contributed by atoms with Crippen LogP contribution in [0.15, 0.2) is 43.1 Å². The van der Waals surface area contributed by atoms with Gasteiger partial charge < -0.3 is 26.3 Å². The zero-order valence-corrected chi connectivity index (χ0v) is 8.77. The fourth-order valence-corrected chi connectivity index (χ4v) is 2.22. The third-order valence-electron chi connectivity index (χ3n) is 2.97. The number of nitrogens with one attached hydrogen (secondary N) is 5. The molecule has 0 bridgehead atoms. The normalized spacial score (nSPS) is 19.6. The van der Waals surface area contributed by atoms with Crippen molar-refractivity contribution in [2.45, 2.75) is 18.2 Å². The summed E-state index contributed by atoms with van der Waals surface area (Å²) in [6.45, 7) is 0. The maximum Gasteiger partial charge on any atom is 0.108 e. The van der Waals surface area contributed by atoms with E-state index >= 15 is 0 Å². The summed E-state index contributed by atoms with van der Waals surface area (Å²) in [6, 6.07) is 4.13. The lowest BCUT2D eigenvalue weighted by molar-refractivity contribution is 0.356. The van der Waals surface area contributed by atoms with Crippen LogP contribution in [0.2, 0.25) is 0 Å². The highest BCUT2D eigenvalue weighted by Gasteiger charge is 2.32. The molecule has 0 saturated heterocycles. The molecule has 16 heavy (non-hydrogen) atoms. The standard InChI is InChI=1S/C11H15N5/c1-2-8(12-3-1)9(10-13-4-5-14-10)11-15-6-7-16-11/h1-7,9-16H. The lowest BCUT2D eigenvalue weighted by Crippen LogP contribution is -2.49. The first-order valence-corrected chi connectivity index (χ1v) is 5.43. The predicted molar refractivity (Wildman–Crippen MR) is 61.9 cm³/mol. The highest BCUT2D eigenvalue weighted by atomic mass is 15.2. The Hall–Kier alpha value is -2.04. The number of hydrogen-bond donors (Lipinski definition) is 5. The molecule has 1 aromatic rings. The first kappa shape index (κ1) is 9.21. The fourth-order valence-electron chi connectivity index (χ4n) is 2.22. The van der Waals surface area contributed by atoms with Gasteiger partial charge in [-0.1, -0.05) is 0 Å². The van der Waals surface area contributed by atoms with Crippen molar-refractivity contribution in [1.29, 1.82) is 0 Å².